The van der Waals surface area contributed by atoms with E-state index in [1.54, 1.807) is 19.1 Å². The molecule has 0 aliphatic heterocycles. The molecule has 0 spiro atoms. The fourth-order valence-electron chi connectivity index (χ4n) is 1.72. The van der Waals surface area contributed by atoms with Gasteiger partial charge >= 0.3 is 5.97 Å². The fraction of sp³-hybridized carbons (Fsp3) is 0.500. The first-order chi connectivity index (χ1) is 8.31. The van der Waals surface area contributed by atoms with Crippen LogP contribution in [0.1, 0.15) is 26.3 Å². The van der Waals surface area contributed by atoms with Gasteiger partial charge < -0.3 is 9.84 Å². The molecule has 0 aromatic heterocycles. The number of ether oxygens (including phenoxy) is 1. The molecule has 1 atom stereocenters. The lowest BCUT2D eigenvalue weighted by atomic mass is 9.74. The summed E-state index contributed by atoms with van der Waals surface area (Å²) in [6.45, 7) is 5.30. The molecule has 18 heavy (non-hydrogen) atoms. The van der Waals surface area contributed by atoms with Gasteiger partial charge in [0.1, 0.15) is 11.6 Å². The maximum absolute atomic E-state index is 13.8. The highest BCUT2D eigenvalue weighted by atomic mass is 19.1. The Morgan fingerprint density at radius 1 is 1.50 bits per heavy atom. The van der Waals surface area contributed by atoms with Crippen LogP contribution in [0.2, 0.25) is 0 Å². The molecule has 1 rings (SSSR count). The van der Waals surface area contributed by atoms with Crippen molar-refractivity contribution >= 4 is 5.97 Å². The number of hydrogen-bond acceptors (Lipinski definition) is 2. The lowest BCUT2D eigenvalue weighted by molar-refractivity contribution is -0.150. The summed E-state index contributed by atoms with van der Waals surface area (Å²) >= 11 is 0. The zero-order chi connectivity index (χ0) is 13.9. The van der Waals surface area contributed by atoms with Crippen LogP contribution in [-0.4, -0.2) is 18.2 Å². The van der Waals surface area contributed by atoms with Crippen LogP contribution in [0.3, 0.4) is 0 Å². The number of benzene rings is 1. The summed E-state index contributed by atoms with van der Waals surface area (Å²) in [4.78, 5) is 11.4. The van der Waals surface area contributed by atoms with E-state index >= 15 is 0 Å². The normalized spacial score (nSPS) is 14.3. The number of hydrogen-bond donors (Lipinski definition) is 1. The number of carboxylic acid groups (broad SMARTS) is 1. The Hall–Kier alpha value is -1.58. The molecule has 0 radical (unpaired) electrons. The van der Waals surface area contributed by atoms with Crippen molar-refractivity contribution in [2.24, 2.45) is 11.3 Å². The van der Waals surface area contributed by atoms with Gasteiger partial charge in [-0.2, -0.15) is 0 Å². The van der Waals surface area contributed by atoms with Gasteiger partial charge in [0.05, 0.1) is 12.5 Å². The van der Waals surface area contributed by atoms with Gasteiger partial charge in [0.25, 0.3) is 0 Å². The number of carboxylic acids is 1. The number of carbonyl (C=O) groups is 1. The minimum absolute atomic E-state index is 0.0866. The van der Waals surface area contributed by atoms with Crippen molar-refractivity contribution < 1.29 is 19.0 Å². The number of rotatable bonds is 5. The molecule has 0 saturated carbocycles. The molecule has 1 aromatic rings. The second kappa shape index (κ2) is 5.38. The quantitative estimate of drug-likeness (QED) is 0.878. The second-order valence-corrected chi connectivity index (χ2v) is 5.01. The Kier molecular flexibility index (Phi) is 4.33. The highest BCUT2D eigenvalue weighted by Gasteiger charge is 2.37. The van der Waals surface area contributed by atoms with Crippen molar-refractivity contribution in [3.8, 4) is 5.75 Å². The molecule has 1 N–H and O–H groups in total. The maximum Gasteiger partial charge on any atom is 0.309 e. The highest BCUT2D eigenvalue weighted by molar-refractivity contribution is 5.75. The van der Waals surface area contributed by atoms with Gasteiger partial charge in [-0.25, -0.2) is 4.39 Å². The number of aliphatic carboxylic acids is 1. The van der Waals surface area contributed by atoms with Gasteiger partial charge in [0.2, 0.25) is 0 Å². The lowest BCUT2D eigenvalue weighted by Crippen LogP contribution is -2.35. The Labute approximate surface area is 107 Å². The average Bonchev–Trinajstić information content (AvgIpc) is 2.30. The molecule has 1 aromatic carbocycles. The van der Waals surface area contributed by atoms with Gasteiger partial charge in [0.15, 0.2) is 0 Å². The van der Waals surface area contributed by atoms with Gasteiger partial charge in [-0.3, -0.25) is 4.79 Å². The van der Waals surface area contributed by atoms with Crippen molar-refractivity contribution in [3.63, 3.8) is 0 Å². The minimum atomic E-state index is -0.977. The SMILES string of the molecule is COc1ccc(CC(C)(C(=O)O)C(C)C)c(F)c1. The van der Waals surface area contributed by atoms with Crippen molar-refractivity contribution in [2.45, 2.75) is 27.2 Å². The summed E-state index contributed by atoms with van der Waals surface area (Å²) in [6.07, 6.45) is 0.163. The van der Waals surface area contributed by atoms with E-state index in [9.17, 15) is 14.3 Å². The first-order valence-corrected chi connectivity index (χ1v) is 5.87. The number of methoxy groups -OCH3 is 1. The molecule has 100 valence electrons. The van der Waals surface area contributed by atoms with E-state index in [0.717, 1.165) is 0 Å². The summed E-state index contributed by atoms with van der Waals surface area (Å²) in [5.74, 6) is -0.996. The zero-order valence-electron chi connectivity index (χ0n) is 11.2. The van der Waals surface area contributed by atoms with Crippen LogP contribution in [0.25, 0.3) is 0 Å². The van der Waals surface area contributed by atoms with E-state index in [4.69, 9.17) is 4.74 Å². The molecular formula is C14H19FO3. The average molecular weight is 254 g/mol. The van der Waals surface area contributed by atoms with Crippen molar-refractivity contribution in [1.82, 2.24) is 0 Å². The van der Waals surface area contributed by atoms with E-state index in [1.807, 2.05) is 13.8 Å². The lowest BCUT2D eigenvalue weighted by Gasteiger charge is -2.29. The van der Waals surface area contributed by atoms with Crippen LogP contribution in [0, 0.1) is 17.2 Å². The monoisotopic (exact) mass is 254 g/mol. The van der Waals surface area contributed by atoms with E-state index in [1.165, 1.54) is 13.2 Å². The standard InChI is InChI=1S/C14H19FO3/c1-9(2)14(3,13(16)17)8-10-5-6-11(18-4)7-12(10)15/h5-7,9H,8H2,1-4H3,(H,16,17). The molecule has 0 saturated heterocycles. The molecule has 0 aliphatic rings. The fourth-order valence-corrected chi connectivity index (χ4v) is 1.72. The Morgan fingerprint density at radius 3 is 2.50 bits per heavy atom. The molecule has 0 aliphatic carbocycles. The number of halogens is 1. The first kappa shape index (κ1) is 14.5. The third-order valence-electron chi connectivity index (χ3n) is 3.58. The Morgan fingerprint density at radius 2 is 2.11 bits per heavy atom. The summed E-state index contributed by atoms with van der Waals surface area (Å²) in [6, 6.07) is 4.50. The summed E-state index contributed by atoms with van der Waals surface area (Å²) in [5, 5.41) is 9.31. The highest BCUT2D eigenvalue weighted by Crippen LogP contribution is 2.33. The summed E-state index contributed by atoms with van der Waals surface area (Å²) < 4.78 is 18.7. The van der Waals surface area contributed by atoms with E-state index in [0.29, 0.717) is 11.3 Å². The van der Waals surface area contributed by atoms with Crippen molar-refractivity contribution in [1.29, 1.82) is 0 Å². The molecule has 0 heterocycles. The van der Waals surface area contributed by atoms with Gasteiger partial charge in [-0.15, -0.1) is 0 Å². The van der Waals surface area contributed by atoms with Gasteiger partial charge in [-0.05, 0) is 30.9 Å². The molecule has 0 bridgehead atoms. The first-order valence-electron chi connectivity index (χ1n) is 5.87. The van der Waals surface area contributed by atoms with Crippen molar-refractivity contribution in [2.75, 3.05) is 7.11 Å². The molecule has 0 amide bonds. The predicted octanol–water partition coefficient (Wildman–Crippen LogP) is 3.12. The Balaban J connectivity index is 3.06. The van der Waals surface area contributed by atoms with Crippen LogP contribution in [-0.2, 0) is 11.2 Å². The third-order valence-corrected chi connectivity index (χ3v) is 3.58. The van der Waals surface area contributed by atoms with Gasteiger partial charge in [0, 0.05) is 6.07 Å². The minimum Gasteiger partial charge on any atom is -0.497 e. The zero-order valence-corrected chi connectivity index (χ0v) is 11.2. The van der Waals surface area contributed by atoms with Crippen molar-refractivity contribution in [3.05, 3.63) is 29.6 Å². The third kappa shape index (κ3) is 2.81. The molecule has 1 unspecified atom stereocenters. The molecular weight excluding hydrogens is 235 g/mol. The van der Waals surface area contributed by atoms with E-state index < -0.39 is 17.2 Å². The molecule has 3 nitrogen and oxygen atoms in total. The van der Waals surface area contributed by atoms with Crippen LogP contribution >= 0.6 is 0 Å². The predicted molar refractivity (Wildman–Crippen MR) is 67.2 cm³/mol. The second-order valence-electron chi connectivity index (χ2n) is 5.01. The molecule has 4 heteroatoms. The van der Waals surface area contributed by atoms with Crippen LogP contribution < -0.4 is 4.74 Å². The largest absolute Gasteiger partial charge is 0.497 e. The van der Waals surface area contributed by atoms with Crippen LogP contribution in [0.4, 0.5) is 4.39 Å². The van der Waals surface area contributed by atoms with Crippen LogP contribution in [0.5, 0.6) is 5.75 Å². The summed E-state index contributed by atoms with van der Waals surface area (Å²) in [5.41, 5.74) is -0.579. The maximum atomic E-state index is 13.8. The Bertz CT molecular complexity index is 443. The smallest absolute Gasteiger partial charge is 0.309 e. The van der Waals surface area contributed by atoms with Crippen LogP contribution in [0.15, 0.2) is 18.2 Å². The van der Waals surface area contributed by atoms with E-state index in [-0.39, 0.29) is 12.3 Å². The summed E-state index contributed by atoms with van der Waals surface area (Å²) in [7, 11) is 1.46. The van der Waals surface area contributed by atoms with Gasteiger partial charge in [-0.1, -0.05) is 19.9 Å². The topological polar surface area (TPSA) is 46.5 Å². The van der Waals surface area contributed by atoms with E-state index in [2.05, 4.69) is 0 Å². The molecule has 0 fully saturated rings.